The molecule has 4 radical (unpaired) electrons. The van der Waals surface area contributed by atoms with Gasteiger partial charge in [0.1, 0.15) is 0 Å². The summed E-state index contributed by atoms with van der Waals surface area (Å²) in [5.74, 6) is -1.46. The summed E-state index contributed by atoms with van der Waals surface area (Å²) >= 11 is 0. The molecule has 0 bridgehead atoms. The van der Waals surface area contributed by atoms with E-state index in [2.05, 4.69) is 41.0 Å². The number of fused-ring (bicyclic) bond motifs is 4. The largest absolute Gasteiger partial charge is 0.482 e. The van der Waals surface area contributed by atoms with Crippen LogP contribution in [0.1, 0.15) is 81.1 Å². The minimum atomic E-state index is -1.45. The molecule has 8 saturated carbocycles. The quantitative estimate of drug-likeness (QED) is 0.189. The van der Waals surface area contributed by atoms with E-state index >= 15 is 0 Å². The van der Waals surface area contributed by atoms with Crippen LogP contribution in [-0.4, -0.2) is 66.5 Å². The van der Waals surface area contributed by atoms with Gasteiger partial charge in [0.2, 0.25) is 0 Å². The molecule has 0 aromatic carbocycles. The molecule has 0 aliphatic heterocycles. The first-order chi connectivity index (χ1) is 21.6. The van der Waals surface area contributed by atoms with Crippen molar-refractivity contribution < 1.29 is 170 Å². The van der Waals surface area contributed by atoms with Crippen LogP contribution in [0.4, 0.5) is 0 Å². The second-order valence-corrected chi connectivity index (χ2v) is 18.1. The first kappa shape index (κ1) is 52.2. The van der Waals surface area contributed by atoms with Crippen molar-refractivity contribution >= 4 is 23.9 Å². The van der Waals surface area contributed by atoms with Crippen molar-refractivity contribution in [3.63, 3.8) is 0 Å². The number of carboxylic acid groups (broad SMARTS) is 4. The first-order valence-electron chi connectivity index (χ1n) is 17.1. The Morgan fingerprint density at radius 1 is 0.442 bits per heavy atom. The fourth-order valence-electron chi connectivity index (χ4n) is 11.4. The van der Waals surface area contributed by atoms with Crippen LogP contribution < -0.4 is 22.9 Å². The zero-order chi connectivity index (χ0) is 36.6. The number of carbonyl (C=O) groups is 4. The Hall–Kier alpha value is 2.14. The van der Waals surface area contributed by atoms with Gasteiger partial charge in [-0.3, -0.25) is 32.0 Å². The van der Waals surface area contributed by atoms with E-state index in [-0.39, 0.29) is 171 Å². The smallest absolute Gasteiger partial charge is 0.309 e. The van der Waals surface area contributed by atoms with Gasteiger partial charge in [0.25, 0.3) is 11.9 Å². The van der Waals surface area contributed by atoms with Gasteiger partial charge in [-0.2, -0.15) is 25.7 Å². The molecule has 14 atom stereocenters. The van der Waals surface area contributed by atoms with Gasteiger partial charge >= 0.3 is 11.9 Å². The molecule has 0 aromatic heterocycles. The van der Waals surface area contributed by atoms with E-state index in [4.69, 9.17) is 43.4 Å². The molecule has 0 spiro atoms. The molecular weight excluding hydrogens is 972 g/mol. The summed E-state index contributed by atoms with van der Waals surface area (Å²) in [4.78, 5) is 43.7. The standard InChI is InChI=1S/C9H12NO4.2C9H14NO2.C9H16N.4Y/c1-8(6(11)12)4-2-3-9(10,5(4)8)7(13)14;1-8(10)4-3-5-6(8)9(5,2)7(11)12;1-8(2)5-3-4-9(10,6(5)8)7(11)12;1-8(2)6-4-5-9(3,10)7(6)8;;;;/h3-5H,2,10H2,1H3,(H,11,12)(H,13,14);2*4-6H,3,10H2,1-2H3,(H,11,12);5-7H,4,10H2,1-3H3;;;;/q4*-1;;;;. The van der Waals surface area contributed by atoms with Gasteiger partial charge in [0.15, 0.2) is 0 Å². The summed E-state index contributed by atoms with van der Waals surface area (Å²) in [5.41, 5.74) is 19.9. The van der Waals surface area contributed by atoms with Crippen LogP contribution in [0.25, 0.3) is 0 Å². The van der Waals surface area contributed by atoms with E-state index in [1.165, 1.54) is 12.8 Å². The van der Waals surface area contributed by atoms with E-state index in [1.807, 2.05) is 20.3 Å². The van der Waals surface area contributed by atoms with Crippen LogP contribution in [0.5, 0.6) is 0 Å². The Kier molecular flexibility index (Phi) is 16.3. The van der Waals surface area contributed by atoms with Crippen molar-refractivity contribution in [1.82, 2.24) is 0 Å². The second-order valence-electron chi connectivity index (χ2n) is 18.1. The van der Waals surface area contributed by atoms with Crippen molar-refractivity contribution in [3.8, 4) is 0 Å². The zero-order valence-corrected chi connectivity index (χ0v) is 43.2. The van der Waals surface area contributed by atoms with Crippen LogP contribution in [0.15, 0.2) is 0 Å². The molecule has 14 unspecified atom stereocenters. The predicted octanol–water partition coefficient (Wildman–Crippen LogP) is 2.58. The third-order valence-corrected chi connectivity index (χ3v) is 14.6. The van der Waals surface area contributed by atoms with E-state index in [9.17, 15) is 19.2 Å². The molecule has 16 heteroatoms. The molecule has 12 N–H and O–H groups in total. The average Bonchev–Trinajstić information content (AvgIpc) is 3.79. The summed E-state index contributed by atoms with van der Waals surface area (Å²) in [7, 11) is 0. The van der Waals surface area contributed by atoms with Gasteiger partial charge in [-0.25, -0.2) is 0 Å². The van der Waals surface area contributed by atoms with Gasteiger partial charge in [0.05, 0.1) is 10.8 Å². The van der Waals surface area contributed by atoms with Crippen LogP contribution in [0, 0.1) is 94.7 Å². The zero-order valence-electron chi connectivity index (χ0n) is 31.8. The fourth-order valence-corrected chi connectivity index (χ4v) is 11.4. The maximum Gasteiger partial charge on any atom is 0.309 e. The van der Waals surface area contributed by atoms with Gasteiger partial charge in [-0.15, -0.1) is 11.1 Å². The number of aliphatic carboxylic acids is 4. The minimum Gasteiger partial charge on any atom is -0.482 e. The second kappa shape index (κ2) is 16.3. The number of rotatable bonds is 4. The van der Waals surface area contributed by atoms with Crippen LogP contribution in [-0.2, 0) is 150 Å². The molecule has 8 fully saturated rings. The molecular formula is C36H56N4O8Y4-4. The van der Waals surface area contributed by atoms with Gasteiger partial charge in [-0.05, 0) is 71.3 Å². The van der Waals surface area contributed by atoms with Crippen molar-refractivity contribution in [1.29, 1.82) is 0 Å². The Morgan fingerprint density at radius 2 is 0.731 bits per heavy atom. The molecule has 0 amide bonds. The van der Waals surface area contributed by atoms with E-state index < -0.39 is 51.7 Å². The number of carboxylic acids is 4. The predicted molar refractivity (Wildman–Crippen MR) is 177 cm³/mol. The minimum absolute atomic E-state index is 0. The Morgan fingerprint density at radius 3 is 0.942 bits per heavy atom. The Balaban J connectivity index is 0.000000340. The van der Waals surface area contributed by atoms with Crippen LogP contribution in [0.3, 0.4) is 0 Å². The van der Waals surface area contributed by atoms with E-state index in [0.717, 1.165) is 24.7 Å². The van der Waals surface area contributed by atoms with Crippen molar-refractivity contribution in [2.24, 2.45) is 91.9 Å². The maximum absolute atomic E-state index is 10.9. The Bertz CT molecular complexity index is 1430. The number of hydrogen-bond donors (Lipinski definition) is 8. The Labute approximate surface area is 409 Å². The summed E-state index contributed by atoms with van der Waals surface area (Å²) in [5, 5.41) is 35.8. The normalized spacial score (nSPS) is 48.5. The first-order valence-corrected chi connectivity index (χ1v) is 17.1. The number of hydrogen-bond acceptors (Lipinski definition) is 8. The summed E-state index contributed by atoms with van der Waals surface area (Å²) in [6, 6.07) is 0. The third-order valence-electron chi connectivity index (χ3n) is 14.6. The monoisotopic (exact) mass is 1030 g/mol. The van der Waals surface area contributed by atoms with Gasteiger partial charge in [-0.1, -0.05) is 53.4 Å². The van der Waals surface area contributed by atoms with Crippen molar-refractivity contribution in [3.05, 3.63) is 25.7 Å². The molecule has 0 aromatic rings. The summed E-state index contributed by atoms with van der Waals surface area (Å²) in [6.07, 6.45) is 11.1. The van der Waals surface area contributed by atoms with Crippen molar-refractivity contribution in [2.75, 3.05) is 0 Å². The van der Waals surface area contributed by atoms with Gasteiger partial charge < -0.3 is 56.2 Å². The third kappa shape index (κ3) is 8.05. The maximum atomic E-state index is 10.9. The van der Waals surface area contributed by atoms with E-state index in [0.29, 0.717) is 17.8 Å². The topological polar surface area (TPSA) is 253 Å². The molecule has 8 rings (SSSR count). The molecule has 8 aliphatic carbocycles. The molecule has 0 heterocycles. The van der Waals surface area contributed by atoms with Crippen LogP contribution in [0.2, 0.25) is 0 Å². The molecule has 8 aliphatic rings. The molecule has 12 nitrogen and oxygen atoms in total. The van der Waals surface area contributed by atoms with Gasteiger partial charge in [0, 0.05) is 131 Å². The van der Waals surface area contributed by atoms with Crippen LogP contribution >= 0.6 is 0 Å². The summed E-state index contributed by atoms with van der Waals surface area (Å²) in [6.45, 7) is 16.3. The molecule has 284 valence electrons. The van der Waals surface area contributed by atoms with Crippen molar-refractivity contribution in [2.45, 2.75) is 103 Å². The molecule has 52 heavy (non-hydrogen) atoms. The average molecular weight is 1030 g/mol. The molecule has 0 saturated heterocycles. The SMILES string of the molecule is CC1(C(=O)O)C2C[CH-]C(N)(C(=O)O)C21.CC1(C)C2C[CH-]C(N)(C(=O)O)C21.CC1(N)[CH-]CC2C1C2(C)C.CC1(N)[CH-]CC2C1C2(C)C(=O)O.[Y].[Y].[Y].[Y]. The fraction of sp³-hybridized carbons (Fsp3) is 0.778. The van der Waals surface area contributed by atoms with E-state index in [1.54, 1.807) is 13.3 Å². The number of nitrogens with two attached hydrogens (primary N) is 4. The summed E-state index contributed by atoms with van der Waals surface area (Å²) < 4.78 is 0.